The number of furan rings is 1. The minimum atomic E-state index is -0.247. The molecule has 1 heterocycles. The van der Waals surface area contributed by atoms with Crippen LogP contribution in [0.25, 0.3) is 0 Å². The Morgan fingerprint density at radius 3 is 2.58 bits per heavy atom. The van der Waals surface area contributed by atoms with E-state index in [1.807, 2.05) is 24.3 Å². The zero-order chi connectivity index (χ0) is 13.5. The third kappa shape index (κ3) is 3.77. The standard InChI is InChI=1S/C14H15NO4/c1-17-11-4-6-12(7-5-11)18-10-8-15-14(16)13-3-2-9-19-13/h2-7,9H,8,10H2,1H3,(H,15,16). The summed E-state index contributed by atoms with van der Waals surface area (Å²) in [7, 11) is 1.61. The van der Waals surface area contributed by atoms with Crippen molar-refractivity contribution in [2.75, 3.05) is 20.3 Å². The number of amides is 1. The monoisotopic (exact) mass is 261 g/mol. The fourth-order valence-electron chi connectivity index (χ4n) is 1.50. The maximum atomic E-state index is 11.5. The predicted molar refractivity (Wildman–Crippen MR) is 69.5 cm³/mol. The van der Waals surface area contributed by atoms with E-state index in [4.69, 9.17) is 13.9 Å². The molecule has 0 fully saturated rings. The first-order chi connectivity index (χ1) is 9.29. The Morgan fingerprint density at radius 1 is 1.21 bits per heavy atom. The molecule has 0 atom stereocenters. The molecule has 0 aliphatic carbocycles. The number of nitrogens with one attached hydrogen (secondary N) is 1. The lowest BCUT2D eigenvalue weighted by molar-refractivity contribution is 0.0919. The van der Waals surface area contributed by atoms with Gasteiger partial charge in [0.25, 0.3) is 5.91 Å². The Bertz CT molecular complexity index is 505. The second-order valence-electron chi connectivity index (χ2n) is 3.76. The van der Waals surface area contributed by atoms with Crippen LogP contribution in [0.4, 0.5) is 0 Å². The van der Waals surface area contributed by atoms with Gasteiger partial charge in [0.2, 0.25) is 0 Å². The summed E-state index contributed by atoms with van der Waals surface area (Å²) in [6.07, 6.45) is 1.46. The highest BCUT2D eigenvalue weighted by atomic mass is 16.5. The minimum absolute atomic E-state index is 0.247. The molecule has 2 rings (SSSR count). The Morgan fingerprint density at radius 2 is 1.95 bits per heavy atom. The predicted octanol–water partition coefficient (Wildman–Crippen LogP) is 2.10. The van der Waals surface area contributed by atoms with Gasteiger partial charge in [0.05, 0.1) is 19.9 Å². The van der Waals surface area contributed by atoms with Gasteiger partial charge >= 0.3 is 0 Å². The molecular formula is C14H15NO4. The number of benzene rings is 1. The van der Waals surface area contributed by atoms with Crippen LogP contribution in [-0.2, 0) is 0 Å². The first kappa shape index (κ1) is 13.0. The van der Waals surface area contributed by atoms with Crippen molar-refractivity contribution in [2.45, 2.75) is 0 Å². The summed E-state index contributed by atoms with van der Waals surface area (Å²) in [6.45, 7) is 0.796. The van der Waals surface area contributed by atoms with Crippen molar-refractivity contribution >= 4 is 5.91 Å². The summed E-state index contributed by atoms with van der Waals surface area (Å²) in [5.74, 6) is 1.55. The number of carbonyl (C=O) groups is 1. The molecule has 19 heavy (non-hydrogen) atoms. The maximum Gasteiger partial charge on any atom is 0.287 e. The van der Waals surface area contributed by atoms with Crippen LogP contribution in [0.1, 0.15) is 10.6 Å². The molecule has 100 valence electrons. The highest BCUT2D eigenvalue weighted by Gasteiger charge is 2.06. The fraction of sp³-hybridized carbons (Fsp3) is 0.214. The van der Waals surface area contributed by atoms with Gasteiger partial charge in [-0.15, -0.1) is 0 Å². The lowest BCUT2D eigenvalue weighted by Crippen LogP contribution is -2.27. The van der Waals surface area contributed by atoms with Crippen LogP contribution in [0.5, 0.6) is 11.5 Å². The first-order valence-electron chi connectivity index (χ1n) is 5.88. The van der Waals surface area contributed by atoms with E-state index < -0.39 is 0 Å². The van der Waals surface area contributed by atoms with Crippen molar-refractivity contribution in [3.8, 4) is 11.5 Å². The van der Waals surface area contributed by atoms with E-state index in [1.165, 1.54) is 6.26 Å². The third-order valence-corrected chi connectivity index (χ3v) is 2.46. The second-order valence-corrected chi connectivity index (χ2v) is 3.76. The van der Waals surface area contributed by atoms with Crippen LogP contribution < -0.4 is 14.8 Å². The molecular weight excluding hydrogens is 246 g/mol. The third-order valence-electron chi connectivity index (χ3n) is 2.46. The minimum Gasteiger partial charge on any atom is -0.497 e. The van der Waals surface area contributed by atoms with Gasteiger partial charge in [-0.25, -0.2) is 0 Å². The van der Waals surface area contributed by atoms with E-state index in [0.717, 1.165) is 11.5 Å². The Labute approximate surface area is 111 Å². The SMILES string of the molecule is COc1ccc(OCCNC(=O)c2ccco2)cc1. The molecule has 0 radical (unpaired) electrons. The summed E-state index contributed by atoms with van der Waals surface area (Å²) < 4.78 is 15.5. The van der Waals surface area contributed by atoms with Gasteiger partial charge in [0, 0.05) is 0 Å². The van der Waals surface area contributed by atoms with E-state index >= 15 is 0 Å². The smallest absolute Gasteiger partial charge is 0.287 e. The molecule has 2 aromatic rings. The molecule has 0 saturated heterocycles. The van der Waals surface area contributed by atoms with Gasteiger partial charge in [-0.3, -0.25) is 4.79 Å². The van der Waals surface area contributed by atoms with Gasteiger partial charge in [-0.05, 0) is 36.4 Å². The molecule has 5 nitrogen and oxygen atoms in total. The Kier molecular flexibility index (Phi) is 4.44. The number of rotatable bonds is 6. The van der Waals surface area contributed by atoms with Gasteiger partial charge in [-0.1, -0.05) is 0 Å². The van der Waals surface area contributed by atoms with Crippen LogP contribution in [-0.4, -0.2) is 26.2 Å². The highest BCUT2D eigenvalue weighted by molar-refractivity contribution is 5.91. The molecule has 0 unspecified atom stereocenters. The van der Waals surface area contributed by atoms with Crippen molar-refractivity contribution in [3.63, 3.8) is 0 Å². The summed E-state index contributed by atoms with van der Waals surface area (Å²) in [6, 6.07) is 10.5. The van der Waals surface area contributed by atoms with Gasteiger partial charge in [-0.2, -0.15) is 0 Å². The van der Waals surface area contributed by atoms with E-state index in [2.05, 4.69) is 5.32 Å². The highest BCUT2D eigenvalue weighted by Crippen LogP contribution is 2.16. The molecule has 0 saturated carbocycles. The molecule has 0 spiro atoms. The van der Waals surface area contributed by atoms with Gasteiger partial charge in [0.15, 0.2) is 5.76 Å². The average molecular weight is 261 g/mol. The lowest BCUT2D eigenvalue weighted by Gasteiger charge is -2.07. The Balaban J connectivity index is 1.70. The molecule has 1 N–H and O–H groups in total. The van der Waals surface area contributed by atoms with Gasteiger partial charge < -0.3 is 19.2 Å². The van der Waals surface area contributed by atoms with Crippen molar-refractivity contribution in [1.82, 2.24) is 5.32 Å². The lowest BCUT2D eigenvalue weighted by atomic mass is 10.3. The van der Waals surface area contributed by atoms with Gasteiger partial charge in [0.1, 0.15) is 18.1 Å². The first-order valence-corrected chi connectivity index (χ1v) is 5.88. The van der Waals surface area contributed by atoms with E-state index in [0.29, 0.717) is 18.9 Å². The largest absolute Gasteiger partial charge is 0.497 e. The second kappa shape index (κ2) is 6.49. The molecule has 0 aliphatic rings. The molecule has 0 bridgehead atoms. The Hall–Kier alpha value is -2.43. The number of hydrogen-bond acceptors (Lipinski definition) is 4. The van der Waals surface area contributed by atoms with Crippen molar-refractivity contribution in [1.29, 1.82) is 0 Å². The van der Waals surface area contributed by atoms with Crippen LogP contribution >= 0.6 is 0 Å². The zero-order valence-electron chi connectivity index (χ0n) is 10.6. The summed E-state index contributed by atoms with van der Waals surface area (Å²) >= 11 is 0. The topological polar surface area (TPSA) is 60.7 Å². The number of hydrogen-bond donors (Lipinski definition) is 1. The normalized spacial score (nSPS) is 9.95. The van der Waals surface area contributed by atoms with Crippen molar-refractivity contribution in [2.24, 2.45) is 0 Å². The molecule has 1 aromatic heterocycles. The van der Waals surface area contributed by atoms with Crippen LogP contribution in [0, 0.1) is 0 Å². The van der Waals surface area contributed by atoms with Crippen LogP contribution in [0.3, 0.4) is 0 Å². The molecule has 5 heteroatoms. The number of ether oxygens (including phenoxy) is 2. The number of methoxy groups -OCH3 is 1. The van der Waals surface area contributed by atoms with Crippen LogP contribution in [0.2, 0.25) is 0 Å². The fourth-order valence-corrected chi connectivity index (χ4v) is 1.50. The quantitative estimate of drug-likeness (QED) is 0.809. The summed E-state index contributed by atoms with van der Waals surface area (Å²) in [5, 5.41) is 2.70. The van der Waals surface area contributed by atoms with Crippen molar-refractivity contribution in [3.05, 3.63) is 48.4 Å². The summed E-state index contributed by atoms with van der Waals surface area (Å²) in [4.78, 5) is 11.5. The zero-order valence-corrected chi connectivity index (χ0v) is 10.6. The molecule has 1 amide bonds. The van der Waals surface area contributed by atoms with E-state index in [1.54, 1.807) is 19.2 Å². The number of carbonyl (C=O) groups excluding carboxylic acids is 1. The molecule has 0 aliphatic heterocycles. The maximum absolute atomic E-state index is 11.5. The van der Waals surface area contributed by atoms with E-state index in [9.17, 15) is 4.79 Å². The average Bonchev–Trinajstić information content (AvgIpc) is 2.98. The van der Waals surface area contributed by atoms with Crippen LogP contribution in [0.15, 0.2) is 47.1 Å². The van der Waals surface area contributed by atoms with Crippen molar-refractivity contribution < 1.29 is 18.7 Å². The molecule has 1 aromatic carbocycles. The summed E-state index contributed by atoms with van der Waals surface area (Å²) in [5.41, 5.74) is 0. The van der Waals surface area contributed by atoms with E-state index in [-0.39, 0.29) is 5.91 Å².